The summed E-state index contributed by atoms with van der Waals surface area (Å²) in [5, 5.41) is 0. The van der Waals surface area contributed by atoms with Crippen molar-refractivity contribution in [1.82, 2.24) is 0 Å². The maximum absolute atomic E-state index is 12.6. The van der Waals surface area contributed by atoms with Gasteiger partial charge in [0.2, 0.25) is 0 Å². The molecule has 5 heteroatoms. The quantitative estimate of drug-likeness (QED) is 0.867. The van der Waals surface area contributed by atoms with Crippen molar-refractivity contribution in [2.24, 2.45) is 11.7 Å². The van der Waals surface area contributed by atoms with Crippen LogP contribution in [0.2, 0.25) is 0 Å². The summed E-state index contributed by atoms with van der Waals surface area (Å²) in [5.41, 5.74) is 4.61. The van der Waals surface area contributed by atoms with Gasteiger partial charge in [-0.3, -0.25) is 0 Å². The predicted molar refractivity (Wildman–Crippen MR) is 55.2 cm³/mol. The van der Waals surface area contributed by atoms with Crippen molar-refractivity contribution in [1.29, 1.82) is 0 Å². The Morgan fingerprint density at radius 1 is 1.31 bits per heavy atom. The Morgan fingerprint density at radius 2 is 1.94 bits per heavy atom. The minimum Gasteiger partial charge on any atom is -0.493 e. The molecule has 0 heterocycles. The first-order valence-electron chi connectivity index (χ1n) is 4.94. The number of ether oxygens (including phenoxy) is 1. The number of nitrogens with two attached hydrogens (primary N) is 1. The first-order valence-corrected chi connectivity index (χ1v) is 4.94. The third-order valence-electron chi connectivity index (χ3n) is 2.12. The Bertz CT molecular complexity index is 338. The fraction of sp³-hybridized carbons (Fsp3) is 0.455. The van der Waals surface area contributed by atoms with Gasteiger partial charge in [0.1, 0.15) is 5.75 Å². The molecule has 2 nitrogen and oxygen atoms in total. The highest BCUT2D eigenvalue weighted by atomic mass is 19.4. The van der Waals surface area contributed by atoms with E-state index in [9.17, 15) is 13.2 Å². The Morgan fingerprint density at radius 3 is 2.50 bits per heavy atom. The average Bonchev–Trinajstić information content (AvgIpc) is 2.25. The van der Waals surface area contributed by atoms with Gasteiger partial charge in [-0.1, -0.05) is 19.1 Å². The third-order valence-corrected chi connectivity index (χ3v) is 2.12. The molecule has 1 aromatic rings. The minimum absolute atomic E-state index is 0.0290. The lowest BCUT2D eigenvalue weighted by atomic mass is 10.2. The van der Waals surface area contributed by atoms with E-state index in [1.807, 2.05) is 6.92 Å². The molecule has 2 N–H and O–H groups in total. The molecule has 1 atom stereocenters. The van der Waals surface area contributed by atoms with Crippen LogP contribution in [0.15, 0.2) is 24.3 Å². The molecule has 1 aromatic carbocycles. The predicted octanol–water partition coefficient (Wildman–Crippen LogP) is 2.68. The number of para-hydroxylation sites is 1. The second kappa shape index (κ2) is 5.21. The van der Waals surface area contributed by atoms with E-state index in [1.165, 1.54) is 18.2 Å². The van der Waals surface area contributed by atoms with Crippen LogP contribution in [0.25, 0.3) is 0 Å². The van der Waals surface area contributed by atoms with Crippen LogP contribution >= 0.6 is 0 Å². The zero-order chi connectivity index (χ0) is 12.2. The van der Waals surface area contributed by atoms with Crippen LogP contribution in [0.4, 0.5) is 13.2 Å². The SMILES string of the molecule is CC(CN)COc1ccccc1C(F)(F)F. The van der Waals surface area contributed by atoms with Gasteiger partial charge < -0.3 is 10.5 Å². The van der Waals surface area contributed by atoms with E-state index in [0.717, 1.165) is 6.07 Å². The van der Waals surface area contributed by atoms with Crippen molar-refractivity contribution < 1.29 is 17.9 Å². The van der Waals surface area contributed by atoms with Crippen LogP contribution in [-0.2, 0) is 6.18 Å². The van der Waals surface area contributed by atoms with E-state index < -0.39 is 11.7 Å². The summed E-state index contributed by atoms with van der Waals surface area (Å²) in [7, 11) is 0. The average molecular weight is 233 g/mol. The Balaban J connectivity index is 2.80. The molecular formula is C11H14F3NO. The van der Waals surface area contributed by atoms with Crippen molar-refractivity contribution in [3.05, 3.63) is 29.8 Å². The molecule has 1 unspecified atom stereocenters. The smallest absolute Gasteiger partial charge is 0.419 e. The molecule has 0 saturated heterocycles. The van der Waals surface area contributed by atoms with Crippen LogP contribution in [0.1, 0.15) is 12.5 Å². The van der Waals surface area contributed by atoms with E-state index in [1.54, 1.807) is 0 Å². The summed E-state index contributed by atoms with van der Waals surface area (Å²) in [6.07, 6.45) is -4.39. The van der Waals surface area contributed by atoms with E-state index in [2.05, 4.69) is 0 Å². The summed E-state index contributed by atoms with van der Waals surface area (Å²) in [6, 6.07) is 5.16. The van der Waals surface area contributed by atoms with Crippen LogP contribution in [0, 0.1) is 5.92 Å². The molecule has 0 spiro atoms. The molecule has 0 fully saturated rings. The van der Waals surface area contributed by atoms with E-state index in [0.29, 0.717) is 6.54 Å². The number of rotatable bonds is 4. The molecule has 0 aliphatic heterocycles. The minimum atomic E-state index is -4.39. The van der Waals surface area contributed by atoms with E-state index >= 15 is 0 Å². The maximum Gasteiger partial charge on any atom is 0.419 e. The highest BCUT2D eigenvalue weighted by molar-refractivity contribution is 5.35. The van der Waals surface area contributed by atoms with Crippen molar-refractivity contribution in [3.8, 4) is 5.75 Å². The third kappa shape index (κ3) is 3.41. The lowest BCUT2D eigenvalue weighted by Crippen LogP contribution is -2.19. The summed E-state index contributed by atoms with van der Waals surface area (Å²) in [5.74, 6) is -0.114. The van der Waals surface area contributed by atoms with E-state index in [4.69, 9.17) is 10.5 Å². The van der Waals surface area contributed by atoms with Crippen molar-refractivity contribution >= 4 is 0 Å². The molecule has 0 bridgehead atoms. The van der Waals surface area contributed by atoms with Gasteiger partial charge in [-0.2, -0.15) is 13.2 Å². The second-order valence-electron chi connectivity index (χ2n) is 3.65. The lowest BCUT2D eigenvalue weighted by Gasteiger charge is -2.15. The van der Waals surface area contributed by atoms with Gasteiger partial charge in [-0.05, 0) is 18.7 Å². The number of hydrogen-bond acceptors (Lipinski definition) is 2. The number of hydrogen-bond donors (Lipinski definition) is 1. The molecular weight excluding hydrogens is 219 g/mol. The maximum atomic E-state index is 12.6. The van der Waals surface area contributed by atoms with Gasteiger partial charge in [0.25, 0.3) is 0 Å². The number of benzene rings is 1. The number of halogens is 3. The molecule has 0 amide bonds. The first kappa shape index (κ1) is 12.8. The van der Waals surface area contributed by atoms with Crippen LogP contribution in [-0.4, -0.2) is 13.2 Å². The van der Waals surface area contributed by atoms with E-state index in [-0.39, 0.29) is 18.3 Å². The van der Waals surface area contributed by atoms with Gasteiger partial charge in [-0.15, -0.1) is 0 Å². The fourth-order valence-electron chi connectivity index (χ4n) is 1.13. The van der Waals surface area contributed by atoms with Crippen LogP contribution in [0.5, 0.6) is 5.75 Å². The molecule has 0 aliphatic carbocycles. The largest absolute Gasteiger partial charge is 0.493 e. The highest BCUT2D eigenvalue weighted by Crippen LogP contribution is 2.35. The monoisotopic (exact) mass is 233 g/mol. The first-order chi connectivity index (χ1) is 7.45. The van der Waals surface area contributed by atoms with Gasteiger partial charge in [0, 0.05) is 5.92 Å². The van der Waals surface area contributed by atoms with Crippen LogP contribution in [0.3, 0.4) is 0 Å². The number of alkyl halides is 3. The summed E-state index contributed by atoms with van der Waals surface area (Å²) >= 11 is 0. The Kier molecular flexibility index (Phi) is 4.18. The van der Waals surface area contributed by atoms with Crippen molar-refractivity contribution in [2.75, 3.05) is 13.2 Å². The summed E-state index contributed by atoms with van der Waals surface area (Å²) < 4.78 is 42.8. The molecule has 0 radical (unpaired) electrons. The van der Waals surface area contributed by atoms with Crippen molar-refractivity contribution in [2.45, 2.75) is 13.1 Å². The summed E-state index contributed by atoms with van der Waals surface area (Å²) in [4.78, 5) is 0. The normalized spacial score (nSPS) is 13.6. The van der Waals surface area contributed by atoms with Gasteiger partial charge in [0.05, 0.1) is 12.2 Å². The Hall–Kier alpha value is -1.23. The second-order valence-corrected chi connectivity index (χ2v) is 3.65. The molecule has 1 rings (SSSR count). The zero-order valence-corrected chi connectivity index (χ0v) is 8.92. The summed E-state index contributed by atoms with van der Waals surface area (Å²) in [6.45, 7) is 2.38. The molecule has 0 aliphatic rings. The van der Waals surface area contributed by atoms with Gasteiger partial charge in [-0.25, -0.2) is 0 Å². The lowest BCUT2D eigenvalue weighted by molar-refractivity contribution is -0.139. The van der Waals surface area contributed by atoms with Crippen LogP contribution < -0.4 is 10.5 Å². The zero-order valence-electron chi connectivity index (χ0n) is 8.92. The molecule has 90 valence electrons. The fourth-order valence-corrected chi connectivity index (χ4v) is 1.13. The Labute approximate surface area is 92.2 Å². The highest BCUT2D eigenvalue weighted by Gasteiger charge is 2.33. The topological polar surface area (TPSA) is 35.2 Å². The molecule has 16 heavy (non-hydrogen) atoms. The van der Waals surface area contributed by atoms with Gasteiger partial charge in [0.15, 0.2) is 0 Å². The van der Waals surface area contributed by atoms with Crippen molar-refractivity contribution in [3.63, 3.8) is 0 Å². The molecule has 0 saturated carbocycles. The standard InChI is InChI=1S/C11H14F3NO/c1-8(6-15)7-16-10-5-3-2-4-9(10)11(12,13)14/h2-5,8H,6-7,15H2,1H3. The molecule has 0 aromatic heterocycles. The van der Waals surface area contributed by atoms with Gasteiger partial charge >= 0.3 is 6.18 Å².